The minimum Gasteiger partial charge on any atom is -0.495 e. The van der Waals surface area contributed by atoms with Crippen molar-refractivity contribution in [3.8, 4) is 17.1 Å². The van der Waals surface area contributed by atoms with E-state index in [9.17, 15) is 4.79 Å². The van der Waals surface area contributed by atoms with Crippen LogP contribution in [0, 0.1) is 0 Å². The van der Waals surface area contributed by atoms with E-state index in [0.717, 1.165) is 39.1 Å². The predicted octanol–water partition coefficient (Wildman–Crippen LogP) is 2.59. The average molecular weight is 429 g/mol. The van der Waals surface area contributed by atoms with Gasteiger partial charge in [0, 0.05) is 23.3 Å². The topological polar surface area (TPSA) is 108 Å². The number of methoxy groups -OCH3 is 1. The summed E-state index contributed by atoms with van der Waals surface area (Å²) in [5.41, 5.74) is 9.93. The lowest BCUT2D eigenvalue weighted by molar-refractivity contribution is 0.0994. The van der Waals surface area contributed by atoms with Gasteiger partial charge in [-0.2, -0.15) is 5.10 Å². The van der Waals surface area contributed by atoms with Crippen LogP contribution in [0.3, 0.4) is 0 Å². The summed E-state index contributed by atoms with van der Waals surface area (Å²) in [6.07, 6.45) is 3.22. The van der Waals surface area contributed by atoms with Gasteiger partial charge in [0.05, 0.1) is 24.2 Å². The molecule has 0 atom stereocenters. The first-order valence-corrected chi connectivity index (χ1v) is 9.09. The van der Waals surface area contributed by atoms with Gasteiger partial charge in [-0.15, -0.1) is 0 Å². The van der Waals surface area contributed by atoms with Crippen LogP contribution in [0.15, 0.2) is 28.9 Å². The van der Waals surface area contributed by atoms with Crippen molar-refractivity contribution in [1.29, 1.82) is 0 Å². The van der Waals surface area contributed by atoms with Crippen LogP contribution in [0.5, 0.6) is 5.75 Å². The Labute approximate surface area is 163 Å². The van der Waals surface area contributed by atoms with Crippen molar-refractivity contribution in [2.24, 2.45) is 12.8 Å². The molecule has 0 saturated heterocycles. The summed E-state index contributed by atoms with van der Waals surface area (Å²) in [4.78, 5) is 20.8. The summed E-state index contributed by atoms with van der Waals surface area (Å²) in [5.74, 6) is 0.578. The Balaban J connectivity index is 1.76. The number of nitrogens with one attached hydrogen (secondary N) is 1. The first kappa shape index (κ1) is 17.5. The van der Waals surface area contributed by atoms with Crippen LogP contribution in [0.4, 0.5) is 11.6 Å². The molecule has 27 heavy (non-hydrogen) atoms. The largest absolute Gasteiger partial charge is 0.495 e. The quantitative estimate of drug-likeness (QED) is 0.660. The molecule has 0 radical (unpaired) electrons. The van der Waals surface area contributed by atoms with E-state index in [1.165, 1.54) is 0 Å². The number of primary amides is 1. The summed E-state index contributed by atoms with van der Waals surface area (Å²) in [6, 6.07) is 5.65. The van der Waals surface area contributed by atoms with Gasteiger partial charge < -0.3 is 15.8 Å². The van der Waals surface area contributed by atoms with Gasteiger partial charge in [-0.05, 0) is 36.6 Å². The van der Waals surface area contributed by atoms with Crippen molar-refractivity contribution >= 4 is 33.5 Å². The lowest BCUT2D eigenvalue weighted by Crippen LogP contribution is -2.16. The number of carbonyl (C=O) groups excluding carboxylic acids is 1. The number of fused-ring (bicyclic) bond motifs is 3. The number of nitrogens with two attached hydrogens (primary N) is 1. The monoisotopic (exact) mass is 428 g/mol. The minimum atomic E-state index is -0.526. The van der Waals surface area contributed by atoms with Gasteiger partial charge in [0.2, 0.25) is 5.95 Å². The predicted molar refractivity (Wildman–Crippen MR) is 104 cm³/mol. The number of nitrogens with zero attached hydrogens (tertiary/aromatic N) is 4. The molecule has 0 bridgehead atoms. The molecule has 2 aromatic heterocycles. The maximum absolute atomic E-state index is 11.7. The highest BCUT2D eigenvalue weighted by atomic mass is 79.9. The van der Waals surface area contributed by atoms with E-state index < -0.39 is 5.91 Å². The fourth-order valence-electron chi connectivity index (χ4n) is 3.30. The summed E-state index contributed by atoms with van der Waals surface area (Å²) in [5, 5.41) is 7.47. The Hall–Kier alpha value is -2.94. The number of rotatable bonds is 4. The third kappa shape index (κ3) is 3.03. The van der Waals surface area contributed by atoms with Crippen LogP contribution < -0.4 is 15.8 Å². The van der Waals surface area contributed by atoms with Crippen molar-refractivity contribution in [3.05, 3.63) is 45.7 Å². The summed E-state index contributed by atoms with van der Waals surface area (Å²) >= 11 is 3.43. The van der Waals surface area contributed by atoms with Gasteiger partial charge in [0.15, 0.2) is 5.69 Å². The molecule has 2 heterocycles. The minimum absolute atomic E-state index is 0.306. The zero-order valence-corrected chi connectivity index (χ0v) is 16.4. The van der Waals surface area contributed by atoms with Crippen molar-refractivity contribution in [3.63, 3.8) is 0 Å². The molecule has 1 amide bonds. The highest BCUT2D eigenvalue weighted by molar-refractivity contribution is 9.10. The number of benzene rings is 1. The molecule has 1 aliphatic carbocycles. The average Bonchev–Trinajstić information content (AvgIpc) is 3.00. The molecule has 0 fully saturated rings. The first-order valence-electron chi connectivity index (χ1n) is 8.30. The number of carbonyl (C=O) groups is 1. The third-order valence-electron chi connectivity index (χ3n) is 4.52. The molecule has 4 rings (SSSR count). The maximum Gasteiger partial charge on any atom is 0.269 e. The van der Waals surface area contributed by atoms with Gasteiger partial charge in [-0.3, -0.25) is 9.48 Å². The molecule has 1 aliphatic rings. The van der Waals surface area contributed by atoms with E-state index in [2.05, 4.69) is 36.3 Å². The van der Waals surface area contributed by atoms with E-state index in [1.54, 1.807) is 25.0 Å². The first-order chi connectivity index (χ1) is 13.0. The lowest BCUT2D eigenvalue weighted by atomic mass is 9.93. The van der Waals surface area contributed by atoms with Crippen molar-refractivity contribution in [1.82, 2.24) is 19.7 Å². The zero-order valence-electron chi connectivity index (χ0n) is 14.8. The SMILES string of the molecule is COc1cc(Br)ccc1Nc1ncc2c(n1)-c1c(c(C(N)=O)nn1C)CC2. The van der Waals surface area contributed by atoms with Crippen molar-refractivity contribution in [2.45, 2.75) is 12.8 Å². The number of hydrogen-bond acceptors (Lipinski definition) is 6. The molecule has 9 heteroatoms. The Morgan fingerprint density at radius 1 is 1.37 bits per heavy atom. The number of aromatic nitrogens is 4. The number of ether oxygens (including phenoxy) is 1. The summed E-state index contributed by atoms with van der Waals surface area (Å²) < 4.78 is 7.97. The fraction of sp³-hybridized carbons (Fsp3) is 0.222. The van der Waals surface area contributed by atoms with Gasteiger partial charge in [0.1, 0.15) is 5.75 Å². The smallest absolute Gasteiger partial charge is 0.269 e. The molecule has 1 aromatic carbocycles. The van der Waals surface area contributed by atoms with E-state index in [1.807, 2.05) is 18.2 Å². The number of anilines is 2. The molecule has 3 N–H and O–H groups in total. The Bertz CT molecular complexity index is 1060. The van der Waals surface area contributed by atoms with Crippen LogP contribution in [-0.4, -0.2) is 32.8 Å². The molecule has 0 aliphatic heterocycles. The van der Waals surface area contributed by atoms with Gasteiger partial charge in [-0.1, -0.05) is 15.9 Å². The van der Waals surface area contributed by atoms with Crippen molar-refractivity contribution < 1.29 is 9.53 Å². The highest BCUT2D eigenvalue weighted by Crippen LogP contribution is 2.35. The second-order valence-electron chi connectivity index (χ2n) is 6.20. The van der Waals surface area contributed by atoms with Crippen LogP contribution in [0.1, 0.15) is 21.6 Å². The molecular formula is C18H17BrN6O2. The Morgan fingerprint density at radius 3 is 2.93 bits per heavy atom. The molecule has 0 saturated carbocycles. The Morgan fingerprint density at radius 2 is 2.19 bits per heavy atom. The Kier molecular flexibility index (Phi) is 4.31. The number of aryl methyl sites for hydroxylation is 2. The van der Waals surface area contributed by atoms with Crippen molar-refractivity contribution in [2.75, 3.05) is 12.4 Å². The summed E-state index contributed by atoms with van der Waals surface area (Å²) in [7, 11) is 3.39. The highest BCUT2D eigenvalue weighted by Gasteiger charge is 2.28. The van der Waals surface area contributed by atoms with E-state index in [0.29, 0.717) is 23.8 Å². The fourth-order valence-corrected chi connectivity index (χ4v) is 3.64. The molecule has 8 nitrogen and oxygen atoms in total. The van der Waals surface area contributed by atoms with Crippen LogP contribution >= 0.6 is 15.9 Å². The molecule has 138 valence electrons. The van der Waals surface area contributed by atoms with Gasteiger partial charge in [-0.25, -0.2) is 9.97 Å². The normalized spacial score (nSPS) is 12.3. The zero-order chi connectivity index (χ0) is 19.1. The van der Waals surface area contributed by atoms with Crippen LogP contribution in [0.25, 0.3) is 11.4 Å². The maximum atomic E-state index is 11.7. The standard InChI is InChI=1S/C18H17BrN6O2/c1-25-16-11(15(24-25)17(20)26)5-3-9-8-21-18(23-14(9)16)22-12-6-4-10(19)7-13(12)27-2/h4,6-8H,3,5H2,1-2H3,(H2,20,26)(H,21,22,23). The molecule has 3 aromatic rings. The molecule has 0 spiro atoms. The number of halogens is 1. The van der Waals surface area contributed by atoms with Gasteiger partial charge in [0.25, 0.3) is 5.91 Å². The second kappa shape index (κ2) is 6.66. The lowest BCUT2D eigenvalue weighted by Gasteiger charge is -2.18. The molecular weight excluding hydrogens is 412 g/mol. The second-order valence-corrected chi connectivity index (χ2v) is 7.12. The van der Waals surface area contributed by atoms with E-state index >= 15 is 0 Å². The summed E-state index contributed by atoms with van der Waals surface area (Å²) in [6.45, 7) is 0. The van der Waals surface area contributed by atoms with E-state index in [4.69, 9.17) is 10.5 Å². The van der Waals surface area contributed by atoms with Crippen LogP contribution in [-0.2, 0) is 19.9 Å². The van der Waals surface area contributed by atoms with E-state index in [-0.39, 0.29) is 0 Å². The molecule has 0 unspecified atom stereocenters. The van der Waals surface area contributed by atoms with Crippen LogP contribution in [0.2, 0.25) is 0 Å². The number of hydrogen-bond donors (Lipinski definition) is 2. The van der Waals surface area contributed by atoms with Gasteiger partial charge >= 0.3 is 0 Å². The third-order valence-corrected chi connectivity index (χ3v) is 5.02. The number of amides is 1.